The second-order valence-electron chi connectivity index (χ2n) is 6.55. The first-order valence-electron chi connectivity index (χ1n) is 8.11. The van der Waals surface area contributed by atoms with Crippen LogP contribution in [0.15, 0.2) is 30.3 Å². The summed E-state index contributed by atoms with van der Waals surface area (Å²) in [6.07, 6.45) is 2.44. The molecule has 23 heavy (non-hydrogen) atoms. The zero-order valence-corrected chi connectivity index (χ0v) is 13.3. The molecule has 2 atom stereocenters. The maximum atomic E-state index is 6.41. The topological polar surface area (TPSA) is 77.1 Å². The van der Waals surface area contributed by atoms with Crippen molar-refractivity contribution in [2.24, 2.45) is 0 Å². The molecule has 0 saturated carbocycles. The van der Waals surface area contributed by atoms with Gasteiger partial charge in [-0.2, -0.15) is 0 Å². The molecule has 0 bridgehead atoms. The molecule has 2 fully saturated rings. The largest absolute Gasteiger partial charge is 0.399 e. The van der Waals surface area contributed by atoms with Crippen molar-refractivity contribution in [2.75, 3.05) is 24.7 Å². The molecule has 0 aliphatic carbocycles. The number of rotatable bonds is 5. The molecule has 2 aliphatic rings. The first-order chi connectivity index (χ1) is 11.1. The number of ether oxygens (including phenoxy) is 2. The normalized spacial score (nSPS) is 22.1. The third-order valence-corrected chi connectivity index (χ3v) is 4.69. The van der Waals surface area contributed by atoms with Gasteiger partial charge in [0.05, 0.1) is 25.4 Å². The zero-order valence-electron chi connectivity index (χ0n) is 13.3. The van der Waals surface area contributed by atoms with Crippen LogP contribution >= 0.6 is 0 Å². The molecule has 2 heterocycles. The Labute approximate surface area is 136 Å². The number of aryl methyl sites for hydroxylation is 1. The fraction of sp³-hybridized carbons (Fsp3) is 0.368. The Morgan fingerprint density at radius 1 is 0.957 bits per heavy atom. The second-order valence-corrected chi connectivity index (χ2v) is 6.55. The molecule has 2 saturated heterocycles. The van der Waals surface area contributed by atoms with Gasteiger partial charge in [-0.05, 0) is 52.9 Å². The van der Waals surface area contributed by atoms with Gasteiger partial charge in [0, 0.05) is 24.2 Å². The van der Waals surface area contributed by atoms with Crippen LogP contribution in [-0.4, -0.2) is 25.4 Å². The van der Waals surface area contributed by atoms with Gasteiger partial charge in [0.2, 0.25) is 0 Å². The lowest BCUT2D eigenvalue weighted by molar-refractivity contribution is 0.402. The molecule has 0 aromatic heterocycles. The van der Waals surface area contributed by atoms with Gasteiger partial charge in [0.25, 0.3) is 0 Å². The predicted molar refractivity (Wildman–Crippen MR) is 92.3 cm³/mol. The van der Waals surface area contributed by atoms with Gasteiger partial charge in [-0.15, -0.1) is 0 Å². The molecule has 4 N–H and O–H groups in total. The average Bonchev–Trinajstić information content (AvgIpc) is 3.43. The highest BCUT2D eigenvalue weighted by Gasteiger charge is 2.30. The number of hydrogen-bond acceptors (Lipinski definition) is 4. The maximum absolute atomic E-state index is 6.41. The Bertz CT molecular complexity index is 732. The van der Waals surface area contributed by atoms with Crippen molar-refractivity contribution < 1.29 is 9.47 Å². The summed E-state index contributed by atoms with van der Waals surface area (Å²) < 4.78 is 10.9. The molecule has 2 unspecified atom stereocenters. The highest BCUT2D eigenvalue weighted by Crippen LogP contribution is 2.37. The van der Waals surface area contributed by atoms with E-state index in [9.17, 15) is 0 Å². The summed E-state index contributed by atoms with van der Waals surface area (Å²) in [6.45, 7) is 3.75. The number of hydrogen-bond donors (Lipinski definition) is 2. The molecule has 0 radical (unpaired) electrons. The van der Waals surface area contributed by atoms with Crippen LogP contribution in [0.5, 0.6) is 0 Å². The summed E-state index contributed by atoms with van der Waals surface area (Å²) in [7, 11) is 0. The molecule has 120 valence electrons. The minimum absolute atomic E-state index is 0.317. The molecule has 4 nitrogen and oxygen atoms in total. The molecule has 4 heteroatoms. The van der Waals surface area contributed by atoms with E-state index in [0.717, 1.165) is 43.0 Å². The lowest BCUT2D eigenvalue weighted by Gasteiger charge is -2.19. The van der Waals surface area contributed by atoms with E-state index in [1.165, 1.54) is 22.3 Å². The van der Waals surface area contributed by atoms with Crippen molar-refractivity contribution >= 4 is 11.4 Å². The fourth-order valence-corrected chi connectivity index (χ4v) is 3.16. The van der Waals surface area contributed by atoms with Gasteiger partial charge in [0.15, 0.2) is 0 Å². The third-order valence-electron chi connectivity index (χ3n) is 4.69. The van der Waals surface area contributed by atoms with Crippen LogP contribution in [0.1, 0.15) is 16.7 Å². The molecule has 4 rings (SSSR count). The monoisotopic (exact) mass is 310 g/mol. The average molecular weight is 310 g/mol. The standard InChI is InChI=1S/C19H22N2O2/c1-11-6-16(12-2-4-13(20)5-3-12)17(7-14-9-22-14)18(19(11)21)8-15-10-23-15/h2-6,14-15H,7-10,20-21H2,1H3. The molecule has 2 aromatic rings. The van der Waals surface area contributed by atoms with Crippen molar-refractivity contribution in [3.8, 4) is 11.1 Å². The Kier molecular flexibility index (Phi) is 3.51. The molecular weight excluding hydrogens is 288 g/mol. The number of nitrogen functional groups attached to an aromatic ring is 2. The van der Waals surface area contributed by atoms with Crippen molar-refractivity contribution in [1.29, 1.82) is 0 Å². The van der Waals surface area contributed by atoms with Gasteiger partial charge >= 0.3 is 0 Å². The van der Waals surface area contributed by atoms with Crippen LogP contribution in [0.4, 0.5) is 11.4 Å². The van der Waals surface area contributed by atoms with Crippen LogP contribution in [-0.2, 0) is 22.3 Å². The van der Waals surface area contributed by atoms with Crippen LogP contribution in [0, 0.1) is 6.92 Å². The smallest absolute Gasteiger partial charge is 0.0851 e. The van der Waals surface area contributed by atoms with Crippen molar-refractivity contribution in [3.63, 3.8) is 0 Å². The summed E-state index contributed by atoms with van der Waals surface area (Å²) in [5.41, 5.74) is 20.0. The van der Waals surface area contributed by atoms with Gasteiger partial charge in [-0.25, -0.2) is 0 Å². The van der Waals surface area contributed by atoms with E-state index in [1.54, 1.807) is 0 Å². The lowest BCUT2D eigenvalue weighted by atomic mass is 9.87. The van der Waals surface area contributed by atoms with Crippen molar-refractivity contribution in [2.45, 2.75) is 32.0 Å². The van der Waals surface area contributed by atoms with Gasteiger partial charge < -0.3 is 20.9 Å². The number of nitrogens with two attached hydrogens (primary N) is 2. The van der Waals surface area contributed by atoms with Crippen LogP contribution in [0.25, 0.3) is 11.1 Å². The fourth-order valence-electron chi connectivity index (χ4n) is 3.16. The highest BCUT2D eigenvalue weighted by molar-refractivity contribution is 5.76. The molecule has 2 aromatic carbocycles. The van der Waals surface area contributed by atoms with Crippen LogP contribution < -0.4 is 11.5 Å². The van der Waals surface area contributed by atoms with E-state index < -0.39 is 0 Å². The van der Waals surface area contributed by atoms with E-state index in [1.807, 2.05) is 12.1 Å². The van der Waals surface area contributed by atoms with E-state index in [2.05, 4.69) is 25.1 Å². The van der Waals surface area contributed by atoms with Crippen molar-refractivity contribution in [1.82, 2.24) is 0 Å². The van der Waals surface area contributed by atoms with E-state index in [0.29, 0.717) is 12.2 Å². The second kappa shape index (κ2) is 5.55. The Hall–Kier alpha value is -2.04. The Morgan fingerprint density at radius 2 is 1.52 bits per heavy atom. The summed E-state index contributed by atoms with van der Waals surface area (Å²) in [6, 6.07) is 10.2. The quantitative estimate of drug-likeness (QED) is 0.657. The number of benzene rings is 2. The number of epoxide rings is 2. The summed E-state index contributed by atoms with van der Waals surface area (Å²) in [5, 5.41) is 0. The molecular formula is C19H22N2O2. The van der Waals surface area contributed by atoms with Gasteiger partial charge in [0.1, 0.15) is 0 Å². The minimum Gasteiger partial charge on any atom is -0.399 e. The maximum Gasteiger partial charge on any atom is 0.0851 e. The van der Waals surface area contributed by atoms with Gasteiger partial charge in [-0.1, -0.05) is 12.1 Å². The predicted octanol–water partition coefficient (Wildman–Crippen LogP) is 2.71. The molecule has 0 spiro atoms. The summed E-state index contributed by atoms with van der Waals surface area (Å²) >= 11 is 0. The Morgan fingerprint density at radius 3 is 2.09 bits per heavy atom. The summed E-state index contributed by atoms with van der Waals surface area (Å²) in [5.74, 6) is 0. The van der Waals surface area contributed by atoms with Gasteiger partial charge in [-0.3, -0.25) is 0 Å². The highest BCUT2D eigenvalue weighted by atomic mass is 16.6. The first kappa shape index (κ1) is 14.5. The SMILES string of the molecule is Cc1cc(-c2ccc(N)cc2)c(CC2CO2)c(CC2CO2)c1N. The van der Waals surface area contributed by atoms with E-state index in [-0.39, 0.29) is 0 Å². The number of anilines is 2. The van der Waals surface area contributed by atoms with Crippen molar-refractivity contribution in [3.05, 3.63) is 47.0 Å². The zero-order chi connectivity index (χ0) is 16.0. The van der Waals surface area contributed by atoms with Crippen LogP contribution in [0.3, 0.4) is 0 Å². The summed E-state index contributed by atoms with van der Waals surface area (Å²) in [4.78, 5) is 0. The Balaban J connectivity index is 1.84. The minimum atomic E-state index is 0.317. The molecule has 2 aliphatic heterocycles. The third kappa shape index (κ3) is 3.05. The van der Waals surface area contributed by atoms with Crippen LogP contribution in [0.2, 0.25) is 0 Å². The lowest BCUT2D eigenvalue weighted by Crippen LogP contribution is -2.10. The first-order valence-corrected chi connectivity index (χ1v) is 8.11. The van der Waals surface area contributed by atoms with E-state index in [4.69, 9.17) is 20.9 Å². The molecule has 0 amide bonds. The van der Waals surface area contributed by atoms with E-state index >= 15 is 0 Å².